The van der Waals surface area contributed by atoms with Crippen LogP contribution in [-0.2, 0) is 6.18 Å². The first-order valence-corrected chi connectivity index (χ1v) is 9.27. The molecule has 30 heavy (non-hydrogen) atoms. The van der Waals surface area contributed by atoms with Crippen molar-refractivity contribution in [2.24, 2.45) is 0 Å². The fourth-order valence-corrected chi connectivity index (χ4v) is 3.27. The largest absolute Gasteiger partial charge is 0.416 e. The maximum atomic E-state index is 13.3. The van der Waals surface area contributed by atoms with E-state index in [1.165, 1.54) is 6.07 Å². The van der Waals surface area contributed by atoms with E-state index in [2.05, 4.69) is 10.5 Å². The lowest BCUT2D eigenvalue weighted by molar-refractivity contribution is -0.137. The minimum atomic E-state index is -4.43. The Hall–Kier alpha value is -3.68. The number of aromatic nitrogens is 2. The summed E-state index contributed by atoms with van der Waals surface area (Å²) in [6.45, 7) is 0. The lowest BCUT2D eigenvalue weighted by Gasteiger charge is -2.31. The number of anilines is 2. The number of rotatable bonds is 4. The number of allylic oxidation sites excluding steroid dienone is 2. The highest BCUT2D eigenvalue weighted by Crippen LogP contribution is 2.37. The summed E-state index contributed by atoms with van der Waals surface area (Å²) in [7, 11) is 3.59. The van der Waals surface area contributed by atoms with Crippen LogP contribution in [-0.4, -0.2) is 23.9 Å². The van der Waals surface area contributed by atoms with E-state index >= 15 is 0 Å². The summed E-state index contributed by atoms with van der Waals surface area (Å²) in [4.78, 5) is 1.78. The van der Waals surface area contributed by atoms with Crippen LogP contribution in [0.3, 0.4) is 0 Å². The van der Waals surface area contributed by atoms with Crippen LogP contribution < -0.4 is 15.3 Å². The van der Waals surface area contributed by atoms with Gasteiger partial charge >= 0.3 is 6.18 Å². The average Bonchev–Trinajstić information content (AvgIpc) is 3.23. The van der Waals surface area contributed by atoms with Crippen molar-refractivity contribution in [3.63, 3.8) is 0 Å². The zero-order valence-corrected chi connectivity index (χ0v) is 16.4. The number of halogens is 3. The van der Waals surface area contributed by atoms with Crippen molar-refractivity contribution in [2.75, 3.05) is 24.0 Å². The van der Waals surface area contributed by atoms with E-state index < -0.39 is 11.7 Å². The van der Waals surface area contributed by atoms with Gasteiger partial charge in [0.2, 0.25) is 0 Å². The Morgan fingerprint density at radius 1 is 1.00 bits per heavy atom. The Labute approximate surface area is 172 Å². The topological polar surface area (TPSA) is 36.3 Å². The van der Waals surface area contributed by atoms with Gasteiger partial charge in [0.1, 0.15) is 0 Å². The molecular weight excluding hydrogens is 391 g/mol. The maximum absolute atomic E-state index is 13.3. The molecule has 1 N–H and O–H groups in total. The van der Waals surface area contributed by atoms with Crippen LogP contribution >= 0.6 is 0 Å². The van der Waals surface area contributed by atoms with Gasteiger partial charge in [0.15, 0.2) is 0 Å². The van der Waals surface area contributed by atoms with Gasteiger partial charge in [-0.2, -0.15) is 18.3 Å². The van der Waals surface area contributed by atoms with E-state index in [1.54, 1.807) is 47.2 Å². The Kier molecular flexibility index (Phi) is 4.99. The first-order chi connectivity index (χ1) is 14.3. The SMILES string of the molecule is CN(C)c1ccc(C(F)(F)F)cc1N1C=CC=C(c2ccnn2-c2ccccc2)N1. The van der Waals surface area contributed by atoms with Crippen molar-refractivity contribution in [1.29, 1.82) is 0 Å². The van der Waals surface area contributed by atoms with Crippen LogP contribution in [0.1, 0.15) is 11.3 Å². The average molecular weight is 411 g/mol. The van der Waals surface area contributed by atoms with Crippen molar-refractivity contribution in [3.8, 4) is 5.69 Å². The Morgan fingerprint density at radius 2 is 1.77 bits per heavy atom. The third-order valence-electron chi connectivity index (χ3n) is 4.70. The molecule has 154 valence electrons. The minimum absolute atomic E-state index is 0.391. The summed E-state index contributed by atoms with van der Waals surface area (Å²) < 4.78 is 41.7. The highest BCUT2D eigenvalue weighted by atomic mass is 19.4. The Balaban J connectivity index is 1.70. The number of alkyl halides is 3. The molecule has 0 saturated carbocycles. The molecule has 1 aromatic heterocycles. The van der Waals surface area contributed by atoms with Gasteiger partial charge in [-0.05, 0) is 48.6 Å². The minimum Gasteiger partial charge on any atom is -0.376 e. The molecule has 1 aliphatic heterocycles. The molecule has 0 amide bonds. The normalized spacial score (nSPS) is 13.8. The summed E-state index contributed by atoms with van der Waals surface area (Å²) in [6, 6.07) is 15.2. The summed E-state index contributed by atoms with van der Waals surface area (Å²) in [5.41, 5.74) is 5.93. The highest BCUT2D eigenvalue weighted by Gasteiger charge is 2.32. The number of hydrogen-bond donors (Lipinski definition) is 1. The number of nitrogens with zero attached hydrogens (tertiary/aromatic N) is 4. The molecule has 0 atom stereocenters. The molecule has 2 heterocycles. The van der Waals surface area contributed by atoms with Crippen molar-refractivity contribution in [2.45, 2.75) is 6.18 Å². The van der Waals surface area contributed by atoms with Crippen LogP contribution in [0.15, 0.2) is 79.1 Å². The van der Waals surface area contributed by atoms with E-state index in [4.69, 9.17) is 0 Å². The van der Waals surface area contributed by atoms with Gasteiger partial charge in [0, 0.05) is 20.3 Å². The van der Waals surface area contributed by atoms with E-state index in [0.717, 1.165) is 23.5 Å². The van der Waals surface area contributed by atoms with Gasteiger partial charge < -0.3 is 4.90 Å². The molecule has 0 unspecified atom stereocenters. The van der Waals surface area contributed by atoms with Crippen molar-refractivity contribution >= 4 is 17.1 Å². The van der Waals surface area contributed by atoms with E-state index in [1.807, 2.05) is 42.5 Å². The second kappa shape index (κ2) is 7.62. The second-order valence-electron chi connectivity index (χ2n) is 6.96. The first-order valence-electron chi connectivity index (χ1n) is 9.27. The second-order valence-corrected chi connectivity index (χ2v) is 6.96. The van der Waals surface area contributed by atoms with Crippen LogP contribution in [0.2, 0.25) is 0 Å². The Bertz CT molecular complexity index is 1100. The van der Waals surface area contributed by atoms with Gasteiger partial charge in [-0.1, -0.05) is 18.2 Å². The quantitative estimate of drug-likeness (QED) is 0.667. The smallest absolute Gasteiger partial charge is 0.376 e. The van der Waals surface area contributed by atoms with Gasteiger partial charge in [-0.25, -0.2) is 4.68 Å². The molecule has 1 aliphatic rings. The van der Waals surface area contributed by atoms with E-state index in [0.29, 0.717) is 17.1 Å². The summed E-state index contributed by atoms with van der Waals surface area (Å²) in [5.74, 6) is 0. The molecule has 5 nitrogen and oxygen atoms in total. The molecule has 3 aromatic rings. The lowest BCUT2D eigenvalue weighted by Crippen LogP contribution is -2.35. The van der Waals surface area contributed by atoms with Gasteiger partial charge in [-0.3, -0.25) is 10.4 Å². The Morgan fingerprint density at radius 3 is 2.47 bits per heavy atom. The van der Waals surface area contributed by atoms with Gasteiger partial charge in [-0.15, -0.1) is 0 Å². The summed E-state index contributed by atoms with van der Waals surface area (Å²) in [6.07, 6.45) is 2.59. The molecule has 2 aromatic carbocycles. The van der Waals surface area contributed by atoms with E-state index in [-0.39, 0.29) is 0 Å². The lowest BCUT2D eigenvalue weighted by atomic mass is 10.1. The molecule has 8 heteroatoms. The molecular formula is C22H20F3N5. The van der Waals surface area contributed by atoms with Crippen LogP contribution in [0, 0.1) is 0 Å². The van der Waals surface area contributed by atoms with Gasteiger partial charge in [0.05, 0.1) is 40.2 Å². The summed E-state index contributed by atoms with van der Waals surface area (Å²) in [5, 5.41) is 5.97. The standard InChI is InChI=1S/C22H20F3N5/c1-28(2)20-11-10-16(22(23,24)25)15-21(20)29-14-6-9-18(27-29)19-12-13-26-30(19)17-7-4-3-5-8-17/h3-15,27H,1-2H3. The molecule has 0 bridgehead atoms. The van der Waals surface area contributed by atoms with Crippen LogP contribution in [0.4, 0.5) is 24.5 Å². The predicted molar refractivity (Wildman–Crippen MR) is 112 cm³/mol. The molecule has 0 radical (unpaired) electrons. The molecule has 4 rings (SSSR count). The maximum Gasteiger partial charge on any atom is 0.416 e. The molecule has 0 fully saturated rings. The number of benzene rings is 2. The van der Waals surface area contributed by atoms with Crippen molar-refractivity contribution < 1.29 is 13.2 Å². The number of hydrogen-bond acceptors (Lipinski definition) is 4. The molecule has 0 aliphatic carbocycles. The van der Waals surface area contributed by atoms with Gasteiger partial charge in [0.25, 0.3) is 0 Å². The third-order valence-corrected chi connectivity index (χ3v) is 4.70. The molecule has 0 spiro atoms. The molecule has 0 saturated heterocycles. The number of para-hydroxylation sites is 1. The first kappa shape index (κ1) is 19.6. The summed E-state index contributed by atoms with van der Waals surface area (Å²) >= 11 is 0. The number of hydrazine groups is 1. The van der Waals surface area contributed by atoms with Crippen molar-refractivity contribution in [3.05, 3.63) is 90.4 Å². The predicted octanol–water partition coefficient (Wildman–Crippen LogP) is 4.84. The van der Waals surface area contributed by atoms with E-state index in [9.17, 15) is 13.2 Å². The number of nitrogens with one attached hydrogen (secondary N) is 1. The van der Waals surface area contributed by atoms with Crippen LogP contribution in [0.25, 0.3) is 11.4 Å². The zero-order chi connectivity index (χ0) is 21.3. The highest BCUT2D eigenvalue weighted by molar-refractivity contribution is 5.77. The fourth-order valence-electron chi connectivity index (χ4n) is 3.27. The van der Waals surface area contributed by atoms with Crippen molar-refractivity contribution in [1.82, 2.24) is 15.2 Å². The zero-order valence-electron chi connectivity index (χ0n) is 16.4. The third kappa shape index (κ3) is 3.76. The fraction of sp³-hybridized carbons (Fsp3) is 0.136. The monoisotopic (exact) mass is 411 g/mol. The van der Waals surface area contributed by atoms with Crippen LogP contribution in [0.5, 0.6) is 0 Å².